The zero-order valence-corrected chi connectivity index (χ0v) is 7.26. The Morgan fingerprint density at radius 3 is 2.20 bits per heavy atom. The molecule has 0 aliphatic carbocycles. The molecule has 0 saturated carbocycles. The molecule has 0 fully saturated rings. The molecule has 1 nitrogen and oxygen atoms in total. The minimum atomic E-state index is 0.263. The van der Waals surface area contributed by atoms with Crippen molar-refractivity contribution >= 4 is 6.29 Å². The van der Waals surface area contributed by atoms with Crippen molar-refractivity contribution in [3.05, 3.63) is 0 Å². The van der Waals surface area contributed by atoms with Crippen LogP contribution in [0.2, 0.25) is 0 Å². The highest BCUT2D eigenvalue weighted by molar-refractivity contribution is 5.52. The molecular weight excluding hydrogens is 124 g/mol. The van der Waals surface area contributed by atoms with E-state index in [4.69, 9.17) is 0 Å². The summed E-state index contributed by atoms with van der Waals surface area (Å²) >= 11 is 0. The van der Waals surface area contributed by atoms with Gasteiger partial charge in [-0.05, 0) is 12.3 Å². The van der Waals surface area contributed by atoms with Crippen molar-refractivity contribution in [2.24, 2.45) is 11.8 Å². The summed E-state index contributed by atoms with van der Waals surface area (Å²) in [6.45, 7) is 6.41. The fourth-order valence-corrected chi connectivity index (χ4v) is 0.916. The zero-order chi connectivity index (χ0) is 7.98. The molecule has 1 atom stereocenters. The Morgan fingerprint density at radius 2 is 1.80 bits per heavy atom. The second-order valence-electron chi connectivity index (χ2n) is 3.44. The van der Waals surface area contributed by atoms with Crippen molar-refractivity contribution < 1.29 is 4.79 Å². The van der Waals surface area contributed by atoms with E-state index in [1.807, 2.05) is 6.92 Å². The number of hydrogen-bond donors (Lipinski definition) is 0. The second-order valence-corrected chi connectivity index (χ2v) is 3.44. The number of carbonyl (C=O) groups excluding carboxylic acids is 1. The van der Waals surface area contributed by atoms with Crippen LogP contribution in [0.1, 0.15) is 40.0 Å². The van der Waals surface area contributed by atoms with E-state index in [1.54, 1.807) is 0 Å². The Bertz CT molecular complexity index is 86.7. The molecule has 60 valence electrons. The standard InChI is InChI=1S/C9H18O/c1-8(2)5-4-6-9(3)7-10/h7-9H,4-6H2,1-3H3/t9-/m1/s1. The zero-order valence-electron chi connectivity index (χ0n) is 7.26. The molecule has 0 aromatic heterocycles. The Kier molecular flexibility index (Phi) is 5.27. The maximum Gasteiger partial charge on any atom is 0.122 e. The first kappa shape index (κ1) is 9.67. The Morgan fingerprint density at radius 1 is 1.20 bits per heavy atom. The van der Waals surface area contributed by atoms with Crippen LogP contribution in [0.25, 0.3) is 0 Å². The predicted octanol–water partition coefficient (Wildman–Crippen LogP) is 2.65. The molecule has 0 aliphatic rings. The van der Waals surface area contributed by atoms with Crippen molar-refractivity contribution in [1.29, 1.82) is 0 Å². The highest BCUT2D eigenvalue weighted by Gasteiger charge is 1.99. The summed E-state index contributed by atoms with van der Waals surface area (Å²) in [5.41, 5.74) is 0. The molecule has 0 N–H and O–H groups in total. The third-order valence-electron chi connectivity index (χ3n) is 1.67. The van der Waals surface area contributed by atoms with Crippen LogP contribution in [0.15, 0.2) is 0 Å². The summed E-state index contributed by atoms with van der Waals surface area (Å²) in [5, 5.41) is 0. The summed E-state index contributed by atoms with van der Waals surface area (Å²) in [7, 11) is 0. The van der Waals surface area contributed by atoms with Gasteiger partial charge in [0.15, 0.2) is 0 Å². The number of aldehydes is 1. The average molecular weight is 142 g/mol. The molecule has 0 radical (unpaired) electrons. The lowest BCUT2D eigenvalue weighted by Gasteiger charge is -2.04. The number of rotatable bonds is 5. The fraction of sp³-hybridized carbons (Fsp3) is 0.889. The van der Waals surface area contributed by atoms with Gasteiger partial charge < -0.3 is 4.79 Å². The molecular formula is C9H18O. The molecule has 0 saturated heterocycles. The van der Waals surface area contributed by atoms with Crippen LogP contribution in [0.5, 0.6) is 0 Å². The Hall–Kier alpha value is -0.330. The molecule has 1 heteroatoms. The molecule has 0 unspecified atom stereocenters. The van der Waals surface area contributed by atoms with Gasteiger partial charge in [0.2, 0.25) is 0 Å². The van der Waals surface area contributed by atoms with Gasteiger partial charge in [-0.1, -0.05) is 33.6 Å². The minimum absolute atomic E-state index is 0.263. The number of carbonyl (C=O) groups is 1. The lowest BCUT2D eigenvalue weighted by atomic mass is 10.0. The summed E-state index contributed by atoms with van der Waals surface area (Å²) in [6, 6.07) is 0. The van der Waals surface area contributed by atoms with Crippen LogP contribution in [0, 0.1) is 11.8 Å². The third-order valence-corrected chi connectivity index (χ3v) is 1.67. The van der Waals surface area contributed by atoms with E-state index < -0.39 is 0 Å². The smallest absolute Gasteiger partial charge is 0.122 e. The molecule has 0 aromatic rings. The fourth-order valence-electron chi connectivity index (χ4n) is 0.916. The SMILES string of the molecule is CC(C)CCC[C@@H](C)C=O. The third kappa shape index (κ3) is 5.80. The van der Waals surface area contributed by atoms with E-state index in [-0.39, 0.29) is 5.92 Å². The highest BCUT2D eigenvalue weighted by atomic mass is 16.1. The van der Waals surface area contributed by atoms with Crippen LogP contribution >= 0.6 is 0 Å². The topological polar surface area (TPSA) is 17.1 Å². The van der Waals surface area contributed by atoms with Crippen LogP contribution in [-0.2, 0) is 4.79 Å². The van der Waals surface area contributed by atoms with Crippen LogP contribution < -0.4 is 0 Å². The van der Waals surface area contributed by atoms with Crippen LogP contribution in [0.4, 0.5) is 0 Å². The lowest BCUT2D eigenvalue weighted by Crippen LogP contribution is -1.96. The first-order valence-corrected chi connectivity index (χ1v) is 4.12. The van der Waals surface area contributed by atoms with Crippen molar-refractivity contribution in [3.63, 3.8) is 0 Å². The van der Waals surface area contributed by atoms with E-state index in [1.165, 1.54) is 12.8 Å². The first-order chi connectivity index (χ1) is 4.66. The van der Waals surface area contributed by atoms with Crippen LogP contribution in [0.3, 0.4) is 0 Å². The first-order valence-electron chi connectivity index (χ1n) is 4.12. The molecule has 0 amide bonds. The van der Waals surface area contributed by atoms with Gasteiger partial charge in [-0.15, -0.1) is 0 Å². The van der Waals surface area contributed by atoms with Gasteiger partial charge in [-0.25, -0.2) is 0 Å². The quantitative estimate of drug-likeness (QED) is 0.539. The molecule has 0 aromatic carbocycles. The molecule has 0 aliphatic heterocycles. The molecule has 10 heavy (non-hydrogen) atoms. The highest BCUT2D eigenvalue weighted by Crippen LogP contribution is 2.10. The van der Waals surface area contributed by atoms with Crippen molar-refractivity contribution in [2.45, 2.75) is 40.0 Å². The van der Waals surface area contributed by atoms with Gasteiger partial charge in [0.25, 0.3) is 0 Å². The van der Waals surface area contributed by atoms with E-state index in [9.17, 15) is 4.79 Å². The molecule has 0 bridgehead atoms. The van der Waals surface area contributed by atoms with Crippen molar-refractivity contribution in [1.82, 2.24) is 0 Å². The predicted molar refractivity (Wildman–Crippen MR) is 43.9 cm³/mol. The number of hydrogen-bond acceptors (Lipinski definition) is 1. The van der Waals surface area contributed by atoms with Gasteiger partial charge in [0, 0.05) is 5.92 Å². The molecule has 0 heterocycles. The average Bonchev–Trinajstić information content (AvgIpc) is 1.87. The monoisotopic (exact) mass is 142 g/mol. The summed E-state index contributed by atoms with van der Waals surface area (Å²) in [5.74, 6) is 1.04. The van der Waals surface area contributed by atoms with Crippen LogP contribution in [-0.4, -0.2) is 6.29 Å². The van der Waals surface area contributed by atoms with Gasteiger partial charge in [-0.3, -0.25) is 0 Å². The van der Waals surface area contributed by atoms with Gasteiger partial charge in [-0.2, -0.15) is 0 Å². The van der Waals surface area contributed by atoms with Gasteiger partial charge >= 0.3 is 0 Å². The van der Waals surface area contributed by atoms with E-state index in [2.05, 4.69) is 13.8 Å². The van der Waals surface area contributed by atoms with E-state index >= 15 is 0 Å². The second kappa shape index (κ2) is 5.45. The van der Waals surface area contributed by atoms with Gasteiger partial charge in [0.1, 0.15) is 6.29 Å². The summed E-state index contributed by atoms with van der Waals surface area (Å²) in [4.78, 5) is 10.2. The maximum atomic E-state index is 10.2. The summed E-state index contributed by atoms with van der Waals surface area (Å²) < 4.78 is 0. The van der Waals surface area contributed by atoms with Crippen molar-refractivity contribution in [3.8, 4) is 0 Å². The largest absolute Gasteiger partial charge is 0.303 e. The summed E-state index contributed by atoms with van der Waals surface area (Å²) in [6.07, 6.45) is 4.54. The van der Waals surface area contributed by atoms with E-state index in [0.717, 1.165) is 18.6 Å². The van der Waals surface area contributed by atoms with Crippen molar-refractivity contribution in [2.75, 3.05) is 0 Å². The van der Waals surface area contributed by atoms with E-state index in [0.29, 0.717) is 0 Å². The molecule has 0 spiro atoms. The Labute approximate surface area is 63.8 Å². The Balaban J connectivity index is 3.11. The minimum Gasteiger partial charge on any atom is -0.303 e. The maximum absolute atomic E-state index is 10.2. The van der Waals surface area contributed by atoms with Gasteiger partial charge in [0.05, 0.1) is 0 Å². The lowest BCUT2D eigenvalue weighted by molar-refractivity contribution is -0.110. The normalized spacial score (nSPS) is 13.6. The molecule has 0 rings (SSSR count).